The molecular formula is C14H23N3O3. The second-order valence-corrected chi connectivity index (χ2v) is 5.60. The van der Waals surface area contributed by atoms with Crippen LogP contribution in [-0.2, 0) is 11.8 Å². The van der Waals surface area contributed by atoms with Gasteiger partial charge < -0.3 is 10.4 Å². The maximum absolute atomic E-state index is 12.0. The molecule has 1 amide bonds. The first-order chi connectivity index (χ1) is 9.29. The van der Waals surface area contributed by atoms with Crippen LogP contribution >= 0.6 is 0 Å². The van der Waals surface area contributed by atoms with Gasteiger partial charge in [-0.05, 0) is 31.2 Å². The highest BCUT2D eigenvalue weighted by Gasteiger charge is 2.18. The van der Waals surface area contributed by atoms with Gasteiger partial charge >= 0.3 is 5.97 Å². The number of carbonyl (C=O) groups is 2. The van der Waals surface area contributed by atoms with E-state index in [0.717, 1.165) is 12.1 Å². The van der Waals surface area contributed by atoms with Crippen LogP contribution in [0.1, 0.15) is 42.9 Å². The zero-order valence-electron chi connectivity index (χ0n) is 12.5. The molecule has 6 nitrogen and oxygen atoms in total. The summed E-state index contributed by atoms with van der Waals surface area (Å²) in [4.78, 5) is 22.9. The van der Waals surface area contributed by atoms with Gasteiger partial charge in [0.25, 0.3) is 5.91 Å². The van der Waals surface area contributed by atoms with Crippen molar-refractivity contribution in [2.24, 2.45) is 18.9 Å². The maximum atomic E-state index is 12.0. The van der Waals surface area contributed by atoms with Crippen molar-refractivity contribution < 1.29 is 14.7 Å². The Kier molecular flexibility index (Phi) is 5.73. The summed E-state index contributed by atoms with van der Waals surface area (Å²) >= 11 is 0. The van der Waals surface area contributed by atoms with Gasteiger partial charge in [-0.3, -0.25) is 14.3 Å². The average molecular weight is 281 g/mol. The number of rotatable bonds is 7. The number of carboxylic acids is 1. The molecular weight excluding hydrogens is 258 g/mol. The van der Waals surface area contributed by atoms with Crippen LogP contribution in [0, 0.1) is 18.8 Å². The Morgan fingerprint density at radius 2 is 2.10 bits per heavy atom. The minimum Gasteiger partial charge on any atom is -0.481 e. The van der Waals surface area contributed by atoms with Crippen molar-refractivity contribution in [2.45, 2.75) is 33.6 Å². The van der Waals surface area contributed by atoms with Crippen LogP contribution in [0.5, 0.6) is 0 Å². The van der Waals surface area contributed by atoms with E-state index in [1.807, 2.05) is 20.8 Å². The summed E-state index contributed by atoms with van der Waals surface area (Å²) in [6.07, 6.45) is 0.847. The molecule has 0 saturated heterocycles. The molecule has 1 aromatic heterocycles. The van der Waals surface area contributed by atoms with E-state index in [1.165, 1.54) is 4.68 Å². The predicted octanol–water partition coefficient (Wildman–Crippen LogP) is 1.60. The quantitative estimate of drug-likeness (QED) is 0.795. The molecule has 1 rings (SSSR count). The van der Waals surface area contributed by atoms with Crippen LogP contribution < -0.4 is 5.32 Å². The third kappa shape index (κ3) is 5.03. The van der Waals surface area contributed by atoms with Gasteiger partial charge in [0.15, 0.2) is 0 Å². The molecule has 0 radical (unpaired) electrons. The first kappa shape index (κ1) is 16.2. The number of aromatic nitrogens is 2. The summed E-state index contributed by atoms with van der Waals surface area (Å²) in [5.74, 6) is -0.700. The topological polar surface area (TPSA) is 84.2 Å². The van der Waals surface area contributed by atoms with Crippen molar-refractivity contribution in [2.75, 3.05) is 6.54 Å². The van der Waals surface area contributed by atoms with Crippen LogP contribution in [0.4, 0.5) is 0 Å². The maximum Gasteiger partial charge on any atom is 0.303 e. The minimum atomic E-state index is -0.832. The molecule has 0 aliphatic heterocycles. The standard InChI is InChI=1S/C14H23N3O3/c1-9(2)5-11(7-13(18)19)8-15-14(20)12-6-10(3)16-17(12)4/h6,9,11H,5,7-8H2,1-4H3,(H,15,20)(H,18,19)/t11-/m0/s1. The molecule has 2 N–H and O–H groups in total. The molecule has 0 aliphatic carbocycles. The van der Waals surface area contributed by atoms with Crippen molar-refractivity contribution in [3.63, 3.8) is 0 Å². The summed E-state index contributed by atoms with van der Waals surface area (Å²) < 4.78 is 1.53. The monoisotopic (exact) mass is 281 g/mol. The molecule has 0 bridgehead atoms. The van der Waals surface area contributed by atoms with E-state index < -0.39 is 5.97 Å². The van der Waals surface area contributed by atoms with Crippen molar-refractivity contribution in [1.29, 1.82) is 0 Å². The molecule has 0 unspecified atom stereocenters. The Bertz CT molecular complexity index is 480. The zero-order chi connectivity index (χ0) is 15.3. The number of aliphatic carboxylic acids is 1. The lowest BCUT2D eigenvalue weighted by Crippen LogP contribution is -2.32. The fourth-order valence-electron chi connectivity index (χ4n) is 2.30. The summed E-state index contributed by atoms with van der Waals surface area (Å²) in [7, 11) is 1.71. The van der Waals surface area contributed by atoms with Crippen molar-refractivity contribution >= 4 is 11.9 Å². The molecule has 0 spiro atoms. The number of amides is 1. The fraction of sp³-hybridized carbons (Fsp3) is 0.643. The highest BCUT2D eigenvalue weighted by Crippen LogP contribution is 2.15. The zero-order valence-corrected chi connectivity index (χ0v) is 12.5. The van der Waals surface area contributed by atoms with Gasteiger partial charge in [-0.15, -0.1) is 0 Å². The number of carbonyl (C=O) groups excluding carboxylic acids is 1. The predicted molar refractivity (Wildman–Crippen MR) is 75.5 cm³/mol. The number of hydrogen-bond acceptors (Lipinski definition) is 3. The summed E-state index contributed by atoms with van der Waals surface area (Å²) in [6, 6.07) is 1.71. The second-order valence-electron chi connectivity index (χ2n) is 5.60. The Morgan fingerprint density at radius 1 is 1.45 bits per heavy atom. The first-order valence-corrected chi connectivity index (χ1v) is 6.80. The molecule has 0 saturated carbocycles. The van der Waals surface area contributed by atoms with Crippen LogP contribution in [0.25, 0.3) is 0 Å². The van der Waals surface area contributed by atoms with Gasteiger partial charge in [-0.25, -0.2) is 0 Å². The van der Waals surface area contributed by atoms with E-state index >= 15 is 0 Å². The van der Waals surface area contributed by atoms with E-state index in [-0.39, 0.29) is 18.2 Å². The van der Waals surface area contributed by atoms with Gasteiger partial charge in [0.2, 0.25) is 0 Å². The molecule has 20 heavy (non-hydrogen) atoms. The molecule has 112 valence electrons. The normalized spacial score (nSPS) is 12.4. The van der Waals surface area contributed by atoms with Crippen LogP contribution in [0.3, 0.4) is 0 Å². The van der Waals surface area contributed by atoms with E-state index in [2.05, 4.69) is 10.4 Å². The van der Waals surface area contributed by atoms with Crippen LogP contribution in [0.2, 0.25) is 0 Å². The summed E-state index contributed by atoms with van der Waals surface area (Å²) in [6.45, 7) is 6.28. The van der Waals surface area contributed by atoms with Gasteiger partial charge in [0.05, 0.1) is 5.69 Å². The smallest absolute Gasteiger partial charge is 0.303 e. The van der Waals surface area contributed by atoms with Crippen LogP contribution in [-0.4, -0.2) is 33.3 Å². The Balaban J connectivity index is 2.60. The molecule has 6 heteroatoms. The van der Waals surface area contributed by atoms with Gasteiger partial charge in [0, 0.05) is 20.0 Å². The van der Waals surface area contributed by atoms with Crippen molar-refractivity contribution in [1.82, 2.24) is 15.1 Å². The highest BCUT2D eigenvalue weighted by molar-refractivity contribution is 5.92. The first-order valence-electron chi connectivity index (χ1n) is 6.80. The lowest BCUT2D eigenvalue weighted by Gasteiger charge is -2.17. The summed E-state index contributed by atoms with van der Waals surface area (Å²) in [5.41, 5.74) is 1.27. The minimum absolute atomic E-state index is 0.0502. The van der Waals surface area contributed by atoms with Gasteiger partial charge in [-0.1, -0.05) is 13.8 Å². The van der Waals surface area contributed by atoms with Crippen LogP contribution in [0.15, 0.2) is 6.07 Å². The molecule has 1 aromatic rings. The average Bonchev–Trinajstić information content (AvgIpc) is 2.63. The van der Waals surface area contributed by atoms with Crippen molar-refractivity contribution in [3.05, 3.63) is 17.5 Å². The number of nitrogens with zero attached hydrogens (tertiary/aromatic N) is 2. The molecule has 1 atom stereocenters. The third-order valence-electron chi connectivity index (χ3n) is 3.05. The number of carboxylic acid groups (broad SMARTS) is 1. The number of aryl methyl sites for hydroxylation is 2. The molecule has 0 aliphatic rings. The molecule has 1 heterocycles. The third-order valence-corrected chi connectivity index (χ3v) is 3.05. The van der Waals surface area contributed by atoms with E-state index in [4.69, 9.17) is 5.11 Å². The number of nitrogens with one attached hydrogen (secondary N) is 1. The van der Waals surface area contributed by atoms with Gasteiger partial charge in [0.1, 0.15) is 5.69 Å². The second kappa shape index (κ2) is 7.07. The van der Waals surface area contributed by atoms with Gasteiger partial charge in [-0.2, -0.15) is 5.10 Å². The Labute approximate surface area is 119 Å². The largest absolute Gasteiger partial charge is 0.481 e. The Hall–Kier alpha value is -1.85. The van der Waals surface area contributed by atoms with E-state index in [9.17, 15) is 9.59 Å². The molecule has 0 aromatic carbocycles. The summed E-state index contributed by atoms with van der Waals surface area (Å²) in [5, 5.41) is 15.8. The fourth-order valence-corrected chi connectivity index (χ4v) is 2.30. The highest BCUT2D eigenvalue weighted by atomic mass is 16.4. The van der Waals surface area contributed by atoms with E-state index in [0.29, 0.717) is 18.2 Å². The lowest BCUT2D eigenvalue weighted by atomic mass is 9.94. The number of hydrogen-bond donors (Lipinski definition) is 2. The lowest BCUT2D eigenvalue weighted by molar-refractivity contribution is -0.138. The van der Waals surface area contributed by atoms with Crippen molar-refractivity contribution in [3.8, 4) is 0 Å². The Morgan fingerprint density at radius 3 is 2.55 bits per heavy atom. The molecule has 0 fully saturated rings. The van der Waals surface area contributed by atoms with E-state index in [1.54, 1.807) is 13.1 Å². The SMILES string of the molecule is Cc1cc(C(=O)NC[C@H](CC(=O)O)CC(C)C)n(C)n1.